The molecule has 0 bridgehead atoms. The summed E-state index contributed by atoms with van der Waals surface area (Å²) in [6, 6.07) is 3.22. The average molecular weight is 785 g/mol. The van der Waals surface area contributed by atoms with Crippen LogP contribution in [-0.4, -0.2) is 109 Å². The van der Waals surface area contributed by atoms with E-state index in [1.807, 2.05) is 45.2 Å². The third-order valence-electron chi connectivity index (χ3n) is 12.1. The third-order valence-corrected chi connectivity index (χ3v) is 14.2. The number of benzene rings is 1. The Morgan fingerprint density at radius 2 is 1.96 bits per heavy atom. The lowest BCUT2D eigenvalue weighted by Crippen LogP contribution is -2.59. The fourth-order valence-corrected chi connectivity index (χ4v) is 9.83. The van der Waals surface area contributed by atoms with Gasteiger partial charge in [0.25, 0.3) is 5.91 Å². The zero-order chi connectivity index (χ0) is 39.3. The highest BCUT2D eigenvalue weighted by atomic mass is 32.2. The summed E-state index contributed by atoms with van der Waals surface area (Å²) in [6.45, 7) is 3.91. The average Bonchev–Trinajstić information content (AvgIpc) is 4.06. The van der Waals surface area contributed by atoms with E-state index < -0.39 is 74.9 Å². The van der Waals surface area contributed by atoms with Gasteiger partial charge in [0, 0.05) is 36.4 Å². The summed E-state index contributed by atoms with van der Waals surface area (Å²) in [5, 5.41) is 16.6. The van der Waals surface area contributed by atoms with Crippen molar-refractivity contribution in [3.63, 3.8) is 0 Å². The van der Waals surface area contributed by atoms with Gasteiger partial charge in [-0.1, -0.05) is 32.4 Å². The van der Waals surface area contributed by atoms with Crippen LogP contribution in [0.5, 0.6) is 11.6 Å². The van der Waals surface area contributed by atoms with Crippen LogP contribution in [0.1, 0.15) is 65.2 Å². The van der Waals surface area contributed by atoms with Crippen molar-refractivity contribution in [1.82, 2.24) is 25.2 Å². The molecule has 4 amide bonds. The van der Waals surface area contributed by atoms with Gasteiger partial charge < -0.3 is 35.0 Å². The second-order valence-corrected chi connectivity index (χ2v) is 17.9. The number of allylic oxidation sites excluding steroid dienone is 1. The second-order valence-electron chi connectivity index (χ2n) is 15.8. The predicted molar refractivity (Wildman–Crippen MR) is 200 cm³/mol. The number of nitrogens with zero attached hydrogens (tertiary/aromatic N) is 3. The molecule has 3 aliphatic heterocycles. The van der Waals surface area contributed by atoms with E-state index in [1.54, 1.807) is 12.3 Å². The molecule has 15 nitrogen and oxygen atoms in total. The lowest BCUT2D eigenvalue weighted by Gasteiger charge is -2.33. The van der Waals surface area contributed by atoms with Gasteiger partial charge in [-0.15, -0.1) is 0 Å². The zero-order valence-corrected chi connectivity index (χ0v) is 32.1. The smallest absolute Gasteiger partial charge is 0.405 e. The van der Waals surface area contributed by atoms with Crippen LogP contribution >= 0.6 is 0 Å². The number of alkyl halides is 1. The number of likely N-dealkylation sites (N-methyl/N-ethyl adjacent to an activating group) is 1. The number of anilines is 1. The minimum absolute atomic E-state index is 0.0335. The standard InChI is InChI=1S/C38H49FN6O9S/c1-4-23-17-22(2)7-5-6-8-24-19-38(24,35(48)43-55(51,52)37(21-39)12-13-37)42-32(46)29-18-25(20-45(29)34(47)30(23)41-36(49)50)54-33-27-9-10-28-31(26(27)11-14-40-33)53-16-15-44(28)3/h6,8-11,14,22-25,29-30,41H,4-5,7,12-13,15-21H2,1-3H3,(H,42,46)(H,43,48)(H,49,50)/t22-,23-,24-,25-,29+,30+,38-/m1/s1. The Morgan fingerprint density at radius 3 is 2.67 bits per heavy atom. The number of fused-ring (bicyclic) bond motifs is 5. The molecule has 17 heteroatoms. The Bertz CT molecular complexity index is 2010. The third kappa shape index (κ3) is 7.27. The Balaban J connectivity index is 1.23. The number of hydrogen-bond acceptors (Lipinski definition) is 10. The number of carbonyl (C=O) groups is 4. The van der Waals surface area contributed by atoms with Gasteiger partial charge in [0.1, 0.15) is 41.8 Å². The topological polar surface area (TPSA) is 197 Å². The van der Waals surface area contributed by atoms with Crippen molar-refractivity contribution in [2.45, 2.75) is 93.7 Å². The normalized spacial score (nSPS) is 30.4. The molecule has 0 radical (unpaired) electrons. The van der Waals surface area contributed by atoms with Gasteiger partial charge in [0.2, 0.25) is 27.7 Å². The van der Waals surface area contributed by atoms with Crippen molar-refractivity contribution >= 4 is 50.3 Å². The highest BCUT2D eigenvalue weighted by molar-refractivity contribution is 7.91. The summed E-state index contributed by atoms with van der Waals surface area (Å²) in [5.41, 5.74) is -0.752. The molecule has 5 aliphatic rings. The summed E-state index contributed by atoms with van der Waals surface area (Å²) in [6.07, 6.45) is 5.68. The summed E-state index contributed by atoms with van der Waals surface area (Å²) in [7, 11) is -2.41. The van der Waals surface area contributed by atoms with Gasteiger partial charge in [-0.05, 0) is 68.6 Å². The second kappa shape index (κ2) is 14.8. The molecular weight excluding hydrogens is 736 g/mol. The highest BCUT2D eigenvalue weighted by Crippen LogP contribution is 2.48. The maximum Gasteiger partial charge on any atom is 0.405 e. The van der Waals surface area contributed by atoms with E-state index in [2.05, 4.69) is 25.2 Å². The van der Waals surface area contributed by atoms with Gasteiger partial charge in [-0.2, -0.15) is 0 Å². The van der Waals surface area contributed by atoms with Gasteiger partial charge in [-0.3, -0.25) is 19.1 Å². The number of sulfonamides is 1. The number of carboxylic acid groups (broad SMARTS) is 1. The lowest BCUT2D eigenvalue weighted by atomic mass is 9.85. The summed E-state index contributed by atoms with van der Waals surface area (Å²) in [4.78, 5) is 62.9. The van der Waals surface area contributed by atoms with Crippen LogP contribution in [0.4, 0.5) is 14.9 Å². The van der Waals surface area contributed by atoms with E-state index in [0.717, 1.165) is 17.6 Å². The summed E-state index contributed by atoms with van der Waals surface area (Å²) in [5.74, 6) is -2.20. The highest BCUT2D eigenvalue weighted by Gasteiger charge is 2.64. The number of rotatable bonds is 8. The number of halogens is 1. The molecular formula is C38H49FN6O9S. The van der Waals surface area contributed by atoms with E-state index in [4.69, 9.17) is 9.47 Å². The molecule has 1 aromatic carbocycles. The number of carbonyl (C=O) groups excluding carboxylic acids is 3. The van der Waals surface area contributed by atoms with Gasteiger partial charge in [0.15, 0.2) is 5.75 Å². The SMILES string of the molecule is CC[C@@H]1C[C@H](C)CCC=C[C@@H]2C[C@@]2(C(=O)NS(=O)(=O)C2(CF)CC2)NC(=O)[C@@H]2C[C@@H](Oc3nccc4c5c(ccc34)N(C)CCO5)CN2C(=O)[C@H]1NC(=O)O. The largest absolute Gasteiger partial charge is 0.489 e. The monoisotopic (exact) mass is 784 g/mol. The van der Waals surface area contributed by atoms with Crippen molar-refractivity contribution in [2.24, 2.45) is 17.8 Å². The quantitative estimate of drug-likeness (QED) is 0.287. The Labute approximate surface area is 319 Å². The number of ether oxygens (including phenoxy) is 2. The Morgan fingerprint density at radius 1 is 1.18 bits per heavy atom. The Hall–Kier alpha value is -4.67. The van der Waals surface area contributed by atoms with E-state index in [-0.39, 0.29) is 49.9 Å². The zero-order valence-electron chi connectivity index (χ0n) is 31.3. The number of amides is 4. The van der Waals surface area contributed by atoms with Crippen molar-refractivity contribution in [3.8, 4) is 11.6 Å². The molecule has 7 atom stereocenters. The lowest BCUT2D eigenvalue weighted by molar-refractivity contribution is -0.142. The predicted octanol–water partition coefficient (Wildman–Crippen LogP) is 3.27. The number of nitrogens with one attached hydrogen (secondary N) is 3. The summed E-state index contributed by atoms with van der Waals surface area (Å²) < 4.78 is 53.0. The molecule has 4 N–H and O–H groups in total. The van der Waals surface area contributed by atoms with Crippen molar-refractivity contribution < 1.29 is 46.6 Å². The molecule has 3 fully saturated rings. The molecule has 55 heavy (non-hydrogen) atoms. The molecule has 0 spiro atoms. The molecule has 0 unspecified atom stereocenters. The van der Waals surface area contributed by atoms with E-state index >= 15 is 0 Å². The number of hydrogen-bond donors (Lipinski definition) is 4. The molecule has 298 valence electrons. The maximum absolute atomic E-state index is 14.6. The van der Waals surface area contributed by atoms with Crippen molar-refractivity contribution in [1.29, 1.82) is 0 Å². The first-order chi connectivity index (χ1) is 26.2. The molecule has 2 aliphatic carbocycles. The molecule has 2 aromatic rings. The number of aromatic nitrogens is 1. The molecule has 7 rings (SSSR count). The molecule has 1 saturated heterocycles. The van der Waals surface area contributed by atoms with E-state index in [9.17, 15) is 37.1 Å². The van der Waals surface area contributed by atoms with E-state index in [1.165, 1.54) is 4.90 Å². The first kappa shape index (κ1) is 38.6. The van der Waals surface area contributed by atoms with Crippen LogP contribution < -0.4 is 29.7 Å². The Kier molecular flexibility index (Phi) is 10.4. The first-order valence-electron chi connectivity index (χ1n) is 19.1. The maximum atomic E-state index is 14.6. The van der Waals surface area contributed by atoms with Crippen LogP contribution in [0.3, 0.4) is 0 Å². The van der Waals surface area contributed by atoms with Crippen LogP contribution in [0.15, 0.2) is 36.5 Å². The molecule has 4 heterocycles. The van der Waals surface area contributed by atoms with Crippen molar-refractivity contribution in [3.05, 3.63) is 36.5 Å². The van der Waals surface area contributed by atoms with Gasteiger partial charge in [-0.25, -0.2) is 22.6 Å². The fourth-order valence-electron chi connectivity index (χ4n) is 8.40. The van der Waals surface area contributed by atoms with Crippen LogP contribution in [0.25, 0.3) is 10.8 Å². The van der Waals surface area contributed by atoms with Crippen molar-refractivity contribution in [2.75, 3.05) is 38.3 Å². The minimum Gasteiger partial charge on any atom is -0.489 e. The van der Waals surface area contributed by atoms with Crippen LogP contribution in [0, 0.1) is 17.8 Å². The van der Waals surface area contributed by atoms with Crippen LogP contribution in [0.2, 0.25) is 0 Å². The van der Waals surface area contributed by atoms with Gasteiger partial charge >= 0.3 is 6.09 Å². The first-order valence-corrected chi connectivity index (χ1v) is 20.5. The molecule has 2 saturated carbocycles. The van der Waals surface area contributed by atoms with E-state index in [0.29, 0.717) is 43.4 Å². The molecule has 1 aromatic heterocycles. The minimum atomic E-state index is -4.39. The fraction of sp³-hybridized carbons (Fsp3) is 0.605. The van der Waals surface area contributed by atoms with Crippen LogP contribution in [-0.2, 0) is 24.4 Å². The van der Waals surface area contributed by atoms with Gasteiger partial charge in [0.05, 0.1) is 18.8 Å². The number of pyridine rings is 1. The summed E-state index contributed by atoms with van der Waals surface area (Å²) >= 11 is 0.